The van der Waals surface area contributed by atoms with Gasteiger partial charge in [0.1, 0.15) is 5.75 Å². The first kappa shape index (κ1) is 16.5. The third-order valence-corrected chi connectivity index (χ3v) is 5.59. The van der Waals surface area contributed by atoms with Crippen molar-refractivity contribution in [3.05, 3.63) is 52.6 Å². The summed E-state index contributed by atoms with van der Waals surface area (Å²) >= 11 is 1.74. The lowest BCUT2D eigenvalue weighted by atomic mass is 9.91. The highest BCUT2D eigenvalue weighted by Gasteiger charge is 2.25. The van der Waals surface area contributed by atoms with Crippen LogP contribution in [-0.2, 0) is 13.1 Å². The lowest BCUT2D eigenvalue weighted by Gasteiger charge is -2.37. The molecule has 4 rings (SSSR count). The molecule has 0 aliphatic heterocycles. The highest BCUT2D eigenvalue weighted by molar-refractivity contribution is 7.09. The number of hydrogen-bond acceptors (Lipinski definition) is 5. The van der Waals surface area contributed by atoms with Crippen molar-refractivity contribution in [3.8, 4) is 5.75 Å². The van der Waals surface area contributed by atoms with Crippen LogP contribution in [0, 0.1) is 0 Å². The van der Waals surface area contributed by atoms with E-state index in [-0.39, 0.29) is 0 Å². The first-order valence-electron chi connectivity index (χ1n) is 8.95. The third kappa shape index (κ3) is 3.83. The maximum absolute atomic E-state index is 5.58. The van der Waals surface area contributed by atoms with Gasteiger partial charge in [0.2, 0.25) is 0 Å². The summed E-state index contributed by atoms with van der Waals surface area (Å²) in [7, 11) is 0. The minimum Gasteiger partial charge on any atom is -0.494 e. The molecule has 0 spiro atoms. The summed E-state index contributed by atoms with van der Waals surface area (Å²) < 4.78 is 5.58. The van der Waals surface area contributed by atoms with Crippen molar-refractivity contribution in [1.82, 2.24) is 14.9 Å². The Morgan fingerprint density at radius 1 is 1.20 bits per heavy atom. The molecule has 0 saturated heterocycles. The minimum atomic E-state index is 0.680. The number of pyridine rings is 1. The molecule has 2 heterocycles. The van der Waals surface area contributed by atoms with Gasteiger partial charge in [-0.1, -0.05) is 12.5 Å². The molecule has 1 aromatic carbocycles. The lowest BCUT2D eigenvalue weighted by Crippen LogP contribution is -2.39. The van der Waals surface area contributed by atoms with Crippen molar-refractivity contribution in [2.45, 2.75) is 45.3 Å². The van der Waals surface area contributed by atoms with Crippen LogP contribution in [0.4, 0.5) is 0 Å². The SMILES string of the molecule is CCOc1ccc2nc(CN(Cc3cncs3)C3CCC3)ccc2c1. The second-order valence-corrected chi connectivity index (χ2v) is 7.52. The molecule has 0 N–H and O–H groups in total. The van der Waals surface area contributed by atoms with Crippen molar-refractivity contribution in [3.63, 3.8) is 0 Å². The van der Waals surface area contributed by atoms with Gasteiger partial charge in [-0.25, -0.2) is 0 Å². The molecule has 4 nitrogen and oxygen atoms in total. The zero-order chi connectivity index (χ0) is 17.1. The zero-order valence-corrected chi connectivity index (χ0v) is 15.3. The Labute approximate surface area is 152 Å². The summed E-state index contributed by atoms with van der Waals surface area (Å²) in [6.45, 7) is 4.55. The molecular formula is C20H23N3OS. The molecule has 2 aromatic heterocycles. The second-order valence-electron chi connectivity index (χ2n) is 6.55. The number of ether oxygens (including phenoxy) is 1. The molecule has 0 amide bonds. The van der Waals surface area contributed by atoms with Crippen LogP contribution in [0.1, 0.15) is 36.8 Å². The quantitative estimate of drug-likeness (QED) is 0.620. The fraction of sp³-hybridized carbons (Fsp3) is 0.400. The van der Waals surface area contributed by atoms with E-state index >= 15 is 0 Å². The maximum atomic E-state index is 5.58. The molecule has 1 aliphatic rings. The summed E-state index contributed by atoms with van der Waals surface area (Å²) in [5.74, 6) is 0.908. The molecule has 1 aliphatic carbocycles. The maximum Gasteiger partial charge on any atom is 0.120 e. The van der Waals surface area contributed by atoms with E-state index in [1.54, 1.807) is 11.3 Å². The smallest absolute Gasteiger partial charge is 0.120 e. The number of rotatable bonds is 7. The fourth-order valence-corrected chi connectivity index (χ4v) is 3.90. The summed E-state index contributed by atoms with van der Waals surface area (Å²) in [5.41, 5.74) is 4.08. The van der Waals surface area contributed by atoms with Gasteiger partial charge in [0.15, 0.2) is 0 Å². The number of nitrogens with zero attached hydrogens (tertiary/aromatic N) is 3. The molecule has 0 bridgehead atoms. The average Bonchev–Trinajstić information content (AvgIpc) is 3.06. The Bertz CT molecular complexity index is 830. The van der Waals surface area contributed by atoms with Gasteiger partial charge < -0.3 is 4.74 Å². The average molecular weight is 353 g/mol. The van der Waals surface area contributed by atoms with Crippen LogP contribution in [0.3, 0.4) is 0 Å². The van der Waals surface area contributed by atoms with Crippen LogP contribution in [-0.4, -0.2) is 27.5 Å². The molecule has 0 atom stereocenters. The summed E-state index contributed by atoms with van der Waals surface area (Å²) in [6.07, 6.45) is 5.92. The summed E-state index contributed by atoms with van der Waals surface area (Å²) in [4.78, 5) is 13.0. The molecule has 1 fully saturated rings. The van der Waals surface area contributed by atoms with Crippen LogP contribution in [0.25, 0.3) is 10.9 Å². The van der Waals surface area contributed by atoms with E-state index in [1.165, 1.54) is 24.1 Å². The third-order valence-electron chi connectivity index (χ3n) is 4.83. The normalized spacial score (nSPS) is 14.8. The number of thiazole rings is 1. The summed E-state index contributed by atoms with van der Waals surface area (Å²) in [6, 6.07) is 11.1. The van der Waals surface area contributed by atoms with Crippen molar-refractivity contribution in [1.29, 1.82) is 0 Å². The fourth-order valence-electron chi connectivity index (χ4n) is 3.28. The van der Waals surface area contributed by atoms with Crippen LogP contribution in [0.15, 0.2) is 42.0 Å². The Balaban J connectivity index is 1.53. The number of hydrogen-bond donors (Lipinski definition) is 0. The first-order chi connectivity index (χ1) is 12.3. The van der Waals surface area contributed by atoms with E-state index in [0.717, 1.165) is 35.4 Å². The standard InChI is InChI=1S/C20H23N3OS/c1-2-24-18-8-9-20-15(10-18)6-7-16(22-20)12-23(17-4-3-5-17)13-19-11-21-14-25-19/h6-11,14,17H,2-5,12-13H2,1H3. The van der Waals surface area contributed by atoms with Gasteiger partial charge in [-0.2, -0.15) is 0 Å². The summed E-state index contributed by atoms with van der Waals surface area (Å²) in [5, 5.41) is 1.13. The van der Waals surface area contributed by atoms with Gasteiger partial charge in [0.05, 0.1) is 23.3 Å². The van der Waals surface area contributed by atoms with Gasteiger partial charge in [-0.3, -0.25) is 14.9 Å². The molecule has 25 heavy (non-hydrogen) atoms. The number of benzene rings is 1. The molecule has 0 unspecified atom stereocenters. The largest absolute Gasteiger partial charge is 0.494 e. The van der Waals surface area contributed by atoms with Gasteiger partial charge in [0, 0.05) is 35.6 Å². The van der Waals surface area contributed by atoms with Crippen molar-refractivity contribution < 1.29 is 4.74 Å². The van der Waals surface area contributed by atoms with E-state index < -0.39 is 0 Å². The molecule has 5 heteroatoms. The van der Waals surface area contributed by atoms with Gasteiger partial charge >= 0.3 is 0 Å². The van der Waals surface area contributed by atoms with Crippen LogP contribution in [0.5, 0.6) is 5.75 Å². The monoisotopic (exact) mass is 353 g/mol. The molecule has 0 radical (unpaired) electrons. The molecule has 1 saturated carbocycles. The lowest BCUT2D eigenvalue weighted by molar-refractivity contribution is 0.111. The minimum absolute atomic E-state index is 0.680. The van der Waals surface area contributed by atoms with Crippen LogP contribution < -0.4 is 4.74 Å². The topological polar surface area (TPSA) is 38.2 Å². The predicted octanol–water partition coefficient (Wildman–Crippen LogP) is 4.64. The van der Waals surface area contributed by atoms with Gasteiger partial charge in [-0.15, -0.1) is 11.3 Å². The van der Waals surface area contributed by atoms with E-state index in [2.05, 4.69) is 34.1 Å². The van der Waals surface area contributed by atoms with Gasteiger partial charge in [0.25, 0.3) is 0 Å². The van der Waals surface area contributed by atoms with E-state index in [9.17, 15) is 0 Å². The van der Waals surface area contributed by atoms with Crippen molar-refractivity contribution in [2.24, 2.45) is 0 Å². The Kier molecular flexibility index (Phi) is 4.95. The Hall–Kier alpha value is -1.98. The van der Waals surface area contributed by atoms with Crippen molar-refractivity contribution >= 4 is 22.2 Å². The molecule has 130 valence electrons. The highest BCUT2D eigenvalue weighted by atomic mass is 32.1. The molecule has 3 aromatic rings. The Morgan fingerprint density at radius 2 is 2.12 bits per heavy atom. The van der Waals surface area contributed by atoms with E-state index in [4.69, 9.17) is 9.72 Å². The van der Waals surface area contributed by atoms with E-state index in [0.29, 0.717) is 12.6 Å². The van der Waals surface area contributed by atoms with Crippen LogP contribution in [0.2, 0.25) is 0 Å². The Morgan fingerprint density at radius 3 is 2.84 bits per heavy atom. The zero-order valence-electron chi connectivity index (χ0n) is 14.5. The predicted molar refractivity (Wildman–Crippen MR) is 102 cm³/mol. The molecular weight excluding hydrogens is 330 g/mol. The number of aromatic nitrogens is 2. The van der Waals surface area contributed by atoms with Gasteiger partial charge in [-0.05, 0) is 44.0 Å². The van der Waals surface area contributed by atoms with Crippen LogP contribution >= 0.6 is 11.3 Å². The second kappa shape index (κ2) is 7.50. The highest BCUT2D eigenvalue weighted by Crippen LogP contribution is 2.28. The van der Waals surface area contributed by atoms with E-state index in [1.807, 2.05) is 24.7 Å². The first-order valence-corrected chi connectivity index (χ1v) is 9.83. The number of fused-ring (bicyclic) bond motifs is 1. The van der Waals surface area contributed by atoms with Crippen molar-refractivity contribution in [2.75, 3.05) is 6.61 Å².